The molecule has 2 atom stereocenters. The summed E-state index contributed by atoms with van der Waals surface area (Å²) in [5, 5.41) is 3.56. The molecule has 0 aliphatic carbocycles. The summed E-state index contributed by atoms with van der Waals surface area (Å²) in [5.74, 6) is 0. The Balaban J connectivity index is 2.37. The number of rotatable bonds is 6. The molecule has 2 unspecified atom stereocenters. The zero-order chi connectivity index (χ0) is 12.1. The molecule has 0 radical (unpaired) electrons. The molecule has 1 aliphatic rings. The van der Waals surface area contributed by atoms with Crippen LogP contribution < -0.4 is 5.32 Å². The Labute approximate surface area is 101 Å². The number of hydrogen-bond acceptors (Lipinski definition) is 3. The predicted octanol–water partition coefficient (Wildman–Crippen LogP) is 1.40. The highest BCUT2D eigenvalue weighted by molar-refractivity contribution is 4.85. The van der Waals surface area contributed by atoms with Crippen LogP contribution in [0.2, 0.25) is 0 Å². The van der Waals surface area contributed by atoms with E-state index in [-0.39, 0.29) is 0 Å². The molecule has 3 nitrogen and oxygen atoms in total. The molecule has 1 N–H and O–H groups in total. The van der Waals surface area contributed by atoms with Crippen molar-refractivity contribution in [3.8, 4) is 0 Å². The third kappa shape index (κ3) is 4.04. The van der Waals surface area contributed by atoms with Crippen molar-refractivity contribution in [1.29, 1.82) is 0 Å². The number of nitrogens with one attached hydrogen (secondary N) is 1. The highest BCUT2D eigenvalue weighted by Crippen LogP contribution is 2.17. The van der Waals surface area contributed by atoms with Crippen LogP contribution in [-0.2, 0) is 0 Å². The molecular weight excluding hydrogens is 198 g/mol. The number of likely N-dealkylation sites (tertiary alicyclic amines) is 1. The summed E-state index contributed by atoms with van der Waals surface area (Å²) >= 11 is 0. The van der Waals surface area contributed by atoms with E-state index in [4.69, 9.17) is 0 Å². The van der Waals surface area contributed by atoms with Gasteiger partial charge in [0.15, 0.2) is 0 Å². The Kier molecular flexibility index (Phi) is 5.73. The van der Waals surface area contributed by atoms with Gasteiger partial charge in [-0.1, -0.05) is 20.8 Å². The molecule has 0 spiro atoms. The summed E-state index contributed by atoms with van der Waals surface area (Å²) in [6.45, 7) is 10.4. The topological polar surface area (TPSA) is 18.5 Å². The van der Waals surface area contributed by atoms with E-state index in [0.29, 0.717) is 12.1 Å². The minimum atomic E-state index is 0.598. The van der Waals surface area contributed by atoms with Crippen molar-refractivity contribution in [3.05, 3.63) is 0 Å². The van der Waals surface area contributed by atoms with E-state index >= 15 is 0 Å². The van der Waals surface area contributed by atoms with Crippen molar-refractivity contribution in [1.82, 2.24) is 15.1 Å². The highest BCUT2D eigenvalue weighted by Gasteiger charge is 2.28. The molecule has 16 heavy (non-hydrogen) atoms. The molecule has 1 rings (SSSR count). The second-order valence-corrected chi connectivity index (χ2v) is 5.53. The van der Waals surface area contributed by atoms with Gasteiger partial charge in [-0.15, -0.1) is 0 Å². The predicted molar refractivity (Wildman–Crippen MR) is 70.9 cm³/mol. The first-order valence-electron chi connectivity index (χ1n) is 6.68. The average Bonchev–Trinajstić information content (AvgIpc) is 2.67. The van der Waals surface area contributed by atoms with Gasteiger partial charge in [0, 0.05) is 37.8 Å². The molecule has 3 heteroatoms. The first-order chi connectivity index (χ1) is 7.54. The maximum absolute atomic E-state index is 3.56. The summed E-state index contributed by atoms with van der Waals surface area (Å²) in [7, 11) is 4.39. The van der Waals surface area contributed by atoms with Crippen LogP contribution in [0.15, 0.2) is 0 Å². The summed E-state index contributed by atoms with van der Waals surface area (Å²) in [6.07, 6.45) is 2.57. The monoisotopic (exact) mass is 227 g/mol. The summed E-state index contributed by atoms with van der Waals surface area (Å²) in [5.41, 5.74) is 0. The van der Waals surface area contributed by atoms with Crippen LogP contribution >= 0.6 is 0 Å². The largest absolute Gasteiger partial charge is 0.313 e. The SMILES string of the molecule is CCC(CNC(C)C)N1CCC(N(C)C)C1. The van der Waals surface area contributed by atoms with Gasteiger partial charge >= 0.3 is 0 Å². The molecule has 1 aliphatic heterocycles. The minimum absolute atomic E-state index is 0.598. The molecule has 0 aromatic rings. The number of nitrogens with zero attached hydrogens (tertiary/aromatic N) is 2. The van der Waals surface area contributed by atoms with E-state index in [9.17, 15) is 0 Å². The fraction of sp³-hybridized carbons (Fsp3) is 1.00. The fourth-order valence-electron chi connectivity index (χ4n) is 2.42. The van der Waals surface area contributed by atoms with Gasteiger partial charge in [0.25, 0.3) is 0 Å². The molecule has 96 valence electrons. The molecule has 1 fully saturated rings. The number of hydrogen-bond donors (Lipinski definition) is 1. The van der Waals surface area contributed by atoms with E-state index in [1.165, 1.54) is 25.9 Å². The lowest BCUT2D eigenvalue weighted by Gasteiger charge is -2.29. The summed E-state index contributed by atoms with van der Waals surface area (Å²) < 4.78 is 0. The molecule has 1 heterocycles. The van der Waals surface area contributed by atoms with E-state index in [1.807, 2.05) is 0 Å². The van der Waals surface area contributed by atoms with Gasteiger partial charge in [0.2, 0.25) is 0 Å². The average molecular weight is 227 g/mol. The van der Waals surface area contributed by atoms with E-state index in [1.54, 1.807) is 0 Å². The molecule has 0 aromatic heterocycles. The quantitative estimate of drug-likeness (QED) is 0.740. The van der Waals surface area contributed by atoms with E-state index < -0.39 is 0 Å². The van der Waals surface area contributed by atoms with Gasteiger partial charge in [-0.2, -0.15) is 0 Å². The Hall–Kier alpha value is -0.120. The number of likely N-dealkylation sites (N-methyl/N-ethyl adjacent to an activating group) is 1. The van der Waals surface area contributed by atoms with Crippen molar-refractivity contribution >= 4 is 0 Å². The highest BCUT2D eigenvalue weighted by atomic mass is 15.3. The Bertz CT molecular complexity index is 192. The van der Waals surface area contributed by atoms with Crippen LogP contribution in [0.5, 0.6) is 0 Å². The first kappa shape index (κ1) is 13.9. The Morgan fingerprint density at radius 1 is 1.38 bits per heavy atom. The lowest BCUT2D eigenvalue weighted by Crippen LogP contribution is -2.43. The minimum Gasteiger partial charge on any atom is -0.313 e. The van der Waals surface area contributed by atoms with Crippen LogP contribution in [0.1, 0.15) is 33.6 Å². The van der Waals surface area contributed by atoms with Crippen molar-refractivity contribution in [2.45, 2.75) is 51.7 Å². The van der Waals surface area contributed by atoms with Crippen LogP contribution in [-0.4, -0.2) is 61.7 Å². The lowest BCUT2D eigenvalue weighted by atomic mass is 10.2. The maximum Gasteiger partial charge on any atom is 0.0229 e. The van der Waals surface area contributed by atoms with Crippen molar-refractivity contribution < 1.29 is 0 Å². The molecule has 0 bridgehead atoms. The van der Waals surface area contributed by atoms with Crippen molar-refractivity contribution in [2.75, 3.05) is 33.7 Å². The third-order valence-corrected chi connectivity index (χ3v) is 3.67. The Morgan fingerprint density at radius 2 is 2.06 bits per heavy atom. The zero-order valence-corrected chi connectivity index (χ0v) is 11.7. The third-order valence-electron chi connectivity index (χ3n) is 3.67. The fourth-order valence-corrected chi connectivity index (χ4v) is 2.42. The van der Waals surface area contributed by atoms with E-state index in [2.05, 4.69) is 50.0 Å². The van der Waals surface area contributed by atoms with Crippen LogP contribution in [0.3, 0.4) is 0 Å². The van der Waals surface area contributed by atoms with Gasteiger partial charge in [-0.25, -0.2) is 0 Å². The Morgan fingerprint density at radius 3 is 2.50 bits per heavy atom. The van der Waals surface area contributed by atoms with Gasteiger partial charge in [0.1, 0.15) is 0 Å². The second kappa shape index (κ2) is 6.58. The summed E-state index contributed by atoms with van der Waals surface area (Å²) in [4.78, 5) is 5.02. The van der Waals surface area contributed by atoms with Crippen molar-refractivity contribution in [3.63, 3.8) is 0 Å². The molecule has 0 amide bonds. The van der Waals surface area contributed by atoms with Crippen LogP contribution in [0.4, 0.5) is 0 Å². The van der Waals surface area contributed by atoms with Crippen LogP contribution in [0, 0.1) is 0 Å². The summed E-state index contributed by atoms with van der Waals surface area (Å²) in [6, 6.07) is 2.07. The zero-order valence-electron chi connectivity index (χ0n) is 11.7. The second-order valence-electron chi connectivity index (χ2n) is 5.53. The van der Waals surface area contributed by atoms with E-state index in [0.717, 1.165) is 12.6 Å². The maximum atomic E-state index is 3.56. The van der Waals surface area contributed by atoms with Gasteiger partial charge in [-0.05, 0) is 26.9 Å². The first-order valence-corrected chi connectivity index (χ1v) is 6.68. The van der Waals surface area contributed by atoms with Gasteiger partial charge in [0.05, 0.1) is 0 Å². The molecular formula is C13H29N3. The molecule has 1 saturated heterocycles. The van der Waals surface area contributed by atoms with Gasteiger partial charge in [-0.3, -0.25) is 4.90 Å². The smallest absolute Gasteiger partial charge is 0.0229 e. The van der Waals surface area contributed by atoms with Crippen molar-refractivity contribution in [2.24, 2.45) is 0 Å². The molecule has 0 aromatic carbocycles. The molecule has 0 saturated carbocycles. The van der Waals surface area contributed by atoms with Gasteiger partial charge < -0.3 is 10.2 Å². The van der Waals surface area contributed by atoms with Crippen LogP contribution in [0.25, 0.3) is 0 Å². The normalized spacial score (nSPS) is 24.6. The standard InChI is InChI=1S/C13H29N3/c1-6-12(9-14-11(2)3)16-8-7-13(10-16)15(4)5/h11-14H,6-10H2,1-5H3. The lowest BCUT2D eigenvalue weighted by molar-refractivity contribution is 0.203.